The van der Waals surface area contributed by atoms with Gasteiger partial charge in [0.05, 0.1) is 6.61 Å². The molecule has 0 fully saturated rings. The van der Waals surface area contributed by atoms with E-state index in [0.717, 1.165) is 6.42 Å². The fourth-order valence-electron chi connectivity index (χ4n) is 3.13. The minimum Gasteiger partial charge on any atom is -0.477 e. The zero-order valence-electron chi connectivity index (χ0n) is 15.7. The minimum absolute atomic E-state index is 0.0899. The molecular formula is C18H19BN6O4. The molecule has 1 unspecified atom stereocenters. The van der Waals surface area contributed by atoms with Crippen molar-refractivity contribution >= 4 is 24.3 Å². The molecule has 148 valence electrons. The first-order valence-corrected chi connectivity index (χ1v) is 9.20. The summed E-state index contributed by atoms with van der Waals surface area (Å²) in [6.45, 7) is 2.41. The second-order valence-electron chi connectivity index (χ2n) is 6.76. The Bertz CT molecular complexity index is 1040. The summed E-state index contributed by atoms with van der Waals surface area (Å²) in [4.78, 5) is 21.4. The lowest BCUT2D eigenvalue weighted by atomic mass is 9.81. The van der Waals surface area contributed by atoms with E-state index in [1.807, 2.05) is 4.57 Å². The standard InChI is InChI=1S/C18H19BN6O4/c1-11-4-3-7-29-18-13(8-12(9-20-18)19(27)28)17(26)23-15-6-2-5-14(22-15)16-24-21-10-25(11)16/h2,5-6,8-11,27-28H,3-4,7H2,1H3,(H,22,23,26). The number of nitrogens with one attached hydrogen (secondary N) is 1. The Morgan fingerprint density at radius 2 is 2.21 bits per heavy atom. The van der Waals surface area contributed by atoms with E-state index in [1.54, 1.807) is 24.5 Å². The summed E-state index contributed by atoms with van der Waals surface area (Å²) in [5, 5.41) is 29.7. The van der Waals surface area contributed by atoms with Gasteiger partial charge in [0, 0.05) is 17.7 Å². The molecule has 4 rings (SSSR count). The number of fused-ring (bicyclic) bond motifs is 5. The molecular weight excluding hydrogens is 375 g/mol. The normalized spacial score (nSPS) is 16.7. The molecule has 3 N–H and O–H groups in total. The van der Waals surface area contributed by atoms with Crippen LogP contribution in [0.5, 0.6) is 5.88 Å². The highest BCUT2D eigenvalue weighted by Crippen LogP contribution is 2.24. The van der Waals surface area contributed by atoms with Crippen LogP contribution in [0.15, 0.2) is 36.8 Å². The summed E-state index contributed by atoms with van der Waals surface area (Å²) in [6.07, 6.45) is 4.43. The van der Waals surface area contributed by atoms with Crippen molar-refractivity contribution in [1.29, 1.82) is 0 Å². The molecule has 3 aromatic heterocycles. The fourth-order valence-corrected chi connectivity index (χ4v) is 3.13. The molecule has 1 aliphatic rings. The molecule has 0 aliphatic carbocycles. The molecule has 1 amide bonds. The lowest BCUT2D eigenvalue weighted by molar-refractivity contribution is 0.102. The van der Waals surface area contributed by atoms with Gasteiger partial charge >= 0.3 is 7.12 Å². The van der Waals surface area contributed by atoms with E-state index in [-0.39, 0.29) is 22.9 Å². The molecule has 1 atom stereocenters. The van der Waals surface area contributed by atoms with Crippen LogP contribution >= 0.6 is 0 Å². The molecule has 2 bridgehead atoms. The zero-order chi connectivity index (χ0) is 20.4. The molecule has 0 spiro atoms. The third-order valence-corrected chi connectivity index (χ3v) is 4.69. The van der Waals surface area contributed by atoms with Crippen LogP contribution in [-0.4, -0.2) is 54.4 Å². The van der Waals surface area contributed by atoms with Gasteiger partial charge in [0.1, 0.15) is 23.4 Å². The number of rotatable bonds is 1. The van der Waals surface area contributed by atoms with Crippen LogP contribution in [0.25, 0.3) is 11.5 Å². The SMILES string of the molecule is CC1CCCOc2ncc(B(O)O)cc2C(=O)Nc2cccc(n2)-c2nncn21. The average Bonchev–Trinajstić information content (AvgIpc) is 3.20. The molecule has 0 radical (unpaired) electrons. The lowest BCUT2D eigenvalue weighted by Gasteiger charge is -2.17. The molecule has 1 aliphatic heterocycles. The van der Waals surface area contributed by atoms with E-state index >= 15 is 0 Å². The number of ether oxygens (including phenoxy) is 1. The highest BCUT2D eigenvalue weighted by atomic mass is 16.5. The first-order valence-electron chi connectivity index (χ1n) is 9.20. The van der Waals surface area contributed by atoms with Crippen molar-refractivity contribution in [1.82, 2.24) is 24.7 Å². The van der Waals surface area contributed by atoms with Gasteiger partial charge in [0.25, 0.3) is 5.91 Å². The van der Waals surface area contributed by atoms with Crippen LogP contribution in [0.1, 0.15) is 36.2 Å². The molecule has 0 aromatic carbocycles. The first kappa shape index (κ1) is 19.0. The first-order chi connectivity index (χ1) is 14.0. The Labute approximate surface area is 166 Å². The summed E-state index contributed by atoms with van der Waals surface area (Å²) >= 11 is 0. The van der Waals surface area contributed by atoms with E-state index < -0.39 is 13.0 Å². The van der Waals surface area contributed by atoms with Gasteiger partial charge in [-0.3, -0.25) is 4.79 Å². The van der Waals surface area contributed by atoms with Crippen molar-refractivity contribution in [2.75, 3.05) is 11.9 Å². The van der Waals surface area contributed by atoms with Crippen molar-refractivity contribution < 1.29 is 19.6 Å². The molecule has 11 heteroatoms. The van der Waals surface area contributed by atoms with Gasteiger partial charge < -0.3 is 24.7 Å². The number of amides is 1. The topological polar surface area (TPSA) is 135 Å². The Hall–Kier alpha value is -3.31. The minimum atomic E-state index is -1.75. The number of nitrogens with zero attached hydrogens (tertiary/aromatic N) is 5. The van der Waals surface area contributed by atoms with Gasteiger partial charge in [-0.05, 0) is 38.0 Å². The predicted octanol–water partition coefficient (Wildman–Crippen LogP) is 0.401. The van der Waals surface area contributed by atoms with Crippen LogP contribution in [-0.2, 0) is 0 Å². The molecule has 29 heavy (non-hydrogen) atoms. The number of anilines is 1. The molecule has 3 aromatic rings. The van der Waals surface area contributed by atoms with Crippen LogP contribution in [0, 0.1) is 0 Å². The van der Waals surface area contributed by atoms with Gasteiger partial charge in [-0.1, -0.05) is 6.07 Å². The maximum atomic E-state index is 12.8. The van der Waals surface area contributed by atoms with E-state index in [0.29, 0.717) is 30.4 Å². The number of carbonyl (C=O) groups excluding carboxylic acids is 1. The Morgan fingerprint density at radius 3 is 3.03 bits per heavy atom. The summed E-state index contributed by atoms with van der Waals surface area (Å²) in [5.74, 6) is 0.524. The maximum Gasteiger partial charge on any atom is 0.490 e. The van der Waals surface area contributed by atoms with E-state index in [1.165, 1.54) is 12.3 Å². The van der Waals surface area contributed by atoms with Crippen molar-refractivity contribution in [3.8, 4) is 17.4 Å². The van der Waals surface area contributed by atoms with Crippen LogP contribution in [0.2, 0.25) is 0 Å². The van der Waals surface area contributed by atoms with Gasteiger partial charge in [-0.25, -0.2) is 9.97 Å². The van der Waals surface area contributed by atoms with Crippen LogP contribution < -0.4 is 15.5 Å². The highest BCUT2D eigenvalue weighted by molar-refractivity contribution is 6.58. The van der Waals surface area contributed by atoms with Crippen LogP contribution in [0.4, 0.5) is 5.82 Å². The number of hydrogen-bond acceptors (Lipinski definition) is 8. The van der Waals surface area contributed by atoms with E-state index in [9.17, 15) is 14.8 Å². The number of hydrogen-bond donors (Lipinski definition) is 3. The van der Waals surface area contributed by atoms with Gasteiger partial charge in [-0.15, -0.1) is 10.2 Å². The van der Waals surface area contributed by atoms with Crippen molar-refractivity contribution in [2.45, 2.75) is 25.8 Å². The second kappa shape index (κ2) is 7.98. The Kier molecular flexibility index (Phi) is 5.23. The largest absolute Gasteiger partial charge is 0.490 e. The zero-order valence-corrected chi connectivity index (χ0v) is 15.7. The maximum absolute atomic E-state index is 12.8. The van der Waals surface area contributed by atoms with Gasteiger partial charge in [-0.2, -0.15) is 0 Å². The molecule has 0 saturated carbocycles. The Morgan fingerprint density at radius 1 is 1.34 bits per heavy atom. The average molecular weight is 394 g/mol. The van der Waals surface area contributed by atoms with Gasteiger partial charge in [0.2, 0.25) is 5.88 Å². The second-order valence-corrected chi connectivity index (χ2v) is 6.76. The summed E-state index contributed by atoms with van der Waals surface area (Å²) in [7, 11) is -1.75. The predicted molar refractivity (Wildman–Crippen MR) is 105 cm³/mol. The highest BCUT2D eigenvalue weighted by Gasteiger charge is 2.22. The van der Waals surface area contributed by atoms with Crippen molar-refractivity contribution in [2.24, 2.45) is 0 Å². The monoisotopic (exact) mass is 394 g/mol. The van der Waals surface area contributed by atoms with Crippen LogP contribution in [0.3, 0.4) is 0 Å². The summed E-state index contributed by atoms with van der Waals surface area (Å²) in [5.41, 5.74) is 0.765. The molecule has 10 nitrogen and oxygen atoms in total. The molecule has 0 saturated heterocycles. The Balaban J connectivity index is 1.76. The van der Waals surface area contributed by atoms with Crippen molar-refractivity contribution in [3.63, 3.8) is 0 Å². The third-order valence-electron chi connectivity index (χ3n) is 4.69. The number of aromatic nitrogens is 5. The summed E-state index contributed by atoms with van der Waals surface area (Å²) < 4.78 is 7.66. The van der Waals surface area contributed by atoms with E-state index in [4.69, 9.17) is 4.74 Å². The lowest BCUT2D eigenvalue weighted by Crippen LogP contribution is -2.32. The number of carbonyl (C=O) groups is 1. The smallest absolute Gasteiger partial charge is 0.477 e. The molecule has 4 heterocycles. The quantitative estimate of drug-likeness (QED) is 0.505. The summed E-state index contributed by atoms with van der Waals surface area (Å²) in [6, 6.07) is 6.67. The number of pyridine rings is 2. The third kappa shape index (κ3) is 3.96. The van der Waals surface area contributed by atoms with E-state index in [2.05, 4.69) is 32.4 Å². The fraction of sp³-hybridized carbons (Fsp3) is 0.278. The van der Waals surface area contributed by atoms with Gasteiger partial charge in [0.15, 0.2) is 5.82 Å². The van der Waals surface area contributed by atoms with Crippen molar-refractivity contribution in [3.05, 3.63) is 42.4 Å².